The minimum atomic E-state index is -0.888. The van der Waals surface area contributed by atoms with Gasteiger partial charge in [0.15, 0.2) is 0 Å². The van der Waals surface area contributed by atoms with Gasteiger partial charge in [-0.3, -0.25) is 4.79 Å². The molecule has 0 bridgehead atoms. The average Bonchev–Trinajstić information content (AvgIpc) is 2.90. The number of halogens is 2. The van der Waals surface area contributed by atoms with Crippen LogP contribution in [0.5, 0.6) is 11.5 Å². The van der Waals surface area contributed by atoms with Gasteiger partial charge in [-0.05, 0) is 73.8 Å². The molecule has 3 atom stereocenters. The van der Waals surface area contributed by atoms with Crippen LogP contribution in [0, 0.1) is 5.92 Å². The van der Waals surface area contributed by atoms with Gasteiger partial charge in [-0.1, -0.05) is 60.0 Å². The number of unbranched alkanes of at least 4 members (excludes halogenated alkanes) is 1. The van der Waals surface area contributed by atoms with Crippen molar-refractivity contribution < 1.29 is 24.5 Å². The van der Waals surface area contributed by atoms with Crippen LogP contribution in [0.25, 0.3) is 0 Å². The van der Waals surface area contributed by atoms with Crippen molar-refractivity contribution in [2.24, 2.45) is 5.92 Å². The number of rotatable bonds is 15. The summed E-state index contributed by atoms with van der Waals surface area (Å²) in [5.74, 6) is -0.229. The van der Waals surface area contributed by atoms with Crippen LogP contribution in [-0.2, 0) is 11.4 Å². The smallest absolute Gasteiger partial charge is 0.310 e. The lowest BCUT2D eigenvalue weighted by atomic mass is 9.96. The zero-order chi connectivity index (χ0) is 27.5. The van der Waals surface area contributed by atoms with Crippen molar-refractivity contribution >= 4 is 34.9 Å². The van der Waals surface area contributed by atoms with E-state index in [9.17, 15) is 15.0 Å². The topological polar surface area (TPSA) is 114 Å². The van der Waals surface area contributed by atoms with Crippen LogP contribution in [0.3, 0.4) is 0 Å². The molecule has 3 aromatic carbocycles. The first-order valence-corrected chi connectivity index (χ1v) is 13.3. The molecule has 0 spiro atoms. The van der Waals surface area contributed by atoms with Crippen LogP contribution in [0.15, 0.2) is 66.7 Å². The SMILES string of the molecule is CC(Oc1ccc(OCc2ccccc2)cc1)C(CCCCNCC(O)c1cc(Cl)c(N)c(Cl)c1)C(=O)O. The van der Waals surface area contributed by atoms with E-state index in [0.717, 1.165) is 12.0 Å². The molecule has 0 saturated carbocycles. The molecule has 3 aromatic rings. The third-order valence-electron chi connectivity index (χ3n) is 6.22. The first kappa shape index (κ1) is 29.6. The number of nitrogen functional groups attached to an aromatic ring is 1. The summed E-state index contributed by atoms with van der Waals surface area (Å²) in [5, 5.41) is 23.9. The Kier molecular flexibility index (Phi) is 11.5. The van der Waals surface area contributed by atoms with Gasteiger partial charge in [0.2, 0.25) is 0 Å². The monoisotopic (exact) mass is 560 g/mol. The highest BCUT2D eigenvalue weighted by Gasteiger charge is 2.26. The van der Waals surface area contributed by atoms with Gasteiger partial charge in [0.25, 0.3) is 0 Å². The number of aliphatic carboxylic acids is 1. The summed E-state index contributed by atoms with van der Waals surface area (Å²) in [7, 11) is 0. The van der Waals surface area contributed by atoms with E-state index < -0.39 is 24.1 Å². The Morgan fingerprint density at radius 2 is 1.63 bits per heavy atom. The van der Waals surface area contributed by atoms with Crippen molar-refractivity contribution in [2.75, 3.05) is 18.8 Å². The molecule has 0 heterocycles. The fourth-order valence-electron chi connectivity index (χ4n) is 3.98. The highest BCUT2D eigenvalue weighted by molar-refractivity contribution is 6.38. The fraction of sp³-hybridized carbons (Fsp3) is 0.345. The number of nitrogens with two attached hydrogens (primary N) is 1. The van der Waals surface area contributed by atoms with Gasteiger partial charge in [-0.2, -0.15) is 0 Å². The Balaban J connectivity index is 1.38. The van der Waals surface area contributed by atoms with Gasteiger partial charge >= 0.3 is 5.97 Å². The predicted molar refractivity (Wildman–Crippen MR) is 151 cm³/mol. The van der Waals surface area contributed by atoms with Gasteiger partial charge in [0.1, 0.15) is 24.2 Å². The zero-order valence-corrected chi connectivity index (χ0v) is 22.8. The molecule has 0 fully saturated rings. The largest absolute Gasteiger partial charge is 0.490 e. The zero-order valence-electron chi connectivity index (χ0n) is 21.3. The van der Waals surface area contributed by atoms with E-state index in [2.05, 4.69) is 5.32 Å². The molecule has 3 unspecified atom stereocenters. The maximum Gasteiger partial charge on any atom is 0.310 e. The summed E-state index contributed by atoms with van der Waals surface area (Å²) in [6.45, 7) is 3.18. The van der Waals surface area contributed by atoms with Crippen LogP contribution in [0.4, 0.5) is 5.69 Å². The number of carboxylic acid groups (broad SMARTS) is 1. The lowest BCUT2D eigenvalue weighted by molar-refractivity contribution is -0.145. The van der Waals surface area contributed by atoms with E-state index in [1.54, 1.807) is 31.2 Å². The third-order valence-corrected chi connectivity index (χ3v) is 6.85. The molecule has 0 aromatic heterocycles. The molecule has 0 radical (unpaired) electrons. The lowest BCUT2D eigenvalue weighted by Crippen LogP contribution is -2.31. The van der Waals surface area contributed by atoms with Crippen molar-refractivity contribution in [3.8, 4) is 11.5 Å². The number of anilines is 1. The molecule has 9 heteroatoms. The second-order valence-corrected chi connectivity index (χ2v) is 9.94. The van der Waals surface area contributed by atoms with E-state index in [4.69, 9.17) is 38.4 Å². The van der Waals surface area contributed by atoms with Crippen molar-refractivity contribution in [3.63, 3.8) is 0 Å². The highest BCUT2D eigenvalue weighted by atomic mass is 35.5. The molecule has 7 nitrogen and oxygen atoms in total. The number of carbonyl (C=O) groups is 1. The number of benzene rings is 3. The van der Waals surface area contributed by atoms with Crippen molar-refractivity contribution in [2.45, 2.75) is 45.0 Å². The predicted octanol–water partition coefficient (Wildman–Crippen LogP) is 6.12. The summed E-state index contributed by atoms with van der Waals surface area (Å²) < 4.78 is 11.7. The second kappa shape index (κ2) is 14.8. The lowest BCUT2D eigenvalue weighted by Gasteiger charge is -2.22. The number of aliphatic hydroxyl groups excluding tert-OH is 1. The van der Waals surface area contributed by atoms with Gasteiger partial charge in [0.05, 0.1) is 27.8 Å². The molecule has 0 amide bonds. The maximum absolute atomic E-state index is 11.9. The molecular weight excluding hydrogens is 527 g/mol. The van der Waals surface area contributed by atoms with Gasteiger partial charge in [0, 0.05) is 6.54 Å². The minimum Gasteiger partial charge on any atom is -0.490 e. The Bertz CT molecular complexity index is 1140. The molecule has 0 aliphatic rings. The molecule has 0 saturated heterocycles. The van der Waals surface area contributed by atoms with E-state index in [0.29, 0.717) is 59.6 Å². The average molecular weight is 562 g/mol. The molecule has 0 aliphatic heterocycles. The van der Waals surface area contributed by atoms with E-state index in [1.807, 2.05) is 42.5 Å². The Labute approximate surface area is 233 Å². The molecule has 0 aliphatic carbocycles. The number of ether oxygens (including phenoxy) is 2. The summed E-state index contributed by atoms with van der Waals surface area (Å²) >= 11 is 12.1. The molecule has 3 rings (SSSR count). The Morgan fingerprint density at radius 3 is 2.26 bits per heavy atom. The second-order valence-electron chi connectivity index (χ2n) is 9.13. The van der Waals surface area contributed by atoms with Crippen molar-refractivity contribution in [1.82, 2.24) is 5.32 Å². The van der Waals surface area contributed by atoms with Gasteiger partial charge < -0.3 is 30.7 Å². The maximum atomic E-state index is 11.9. The normalized spacial score (nSPS) is 13.5. The third kappa shape index (κ3) is 9.10. The first-order chi connectivity index (χ1) is 18.2. The minimum absolute atomic E-state index is 0.285. The van der Waals surface area contributed by atoms with E-state index in [1.165, 1.54) is 0 Å². The quantitative estimate of drug-likeness (QED) is 0.131. The Morgan fingerprint density at radius 1 is 1.00 bits per heavy atom. The number of hydrogen-bond acceptors (Lipinski definition) is 6. The van der Waals surface area contributed by atoms with Crippen LogP contribution >= 0.6 is 23.2 Å². The molecule has 5 N–H and O–H groups in total. The van der Waals surface area contributed by atoms with E-state index in [-0.39, 0.29) is 5.69 Å². The number of hydrogen-bond donors (Lipinski definition) is 4. The summed E-state index contributed by atoms with van der Waals surface area (Å²) in [4.78, 5) is 11.9. The van der Waals surface area contributed by atoms with Crippen molar-refractivity contribution in [1.29, 1.82) is 0 Å². The van der Waals surface area contributed by atoms with Crippen LogP contribution in [-0.4, -0.2) is 35.4 Å². The molecule has 204 valence electrons. The number of aliphatic hydroxyl groups is 1. The standard InChI is InChI=1S/C29H34Cl2N2O5/c1-19(38-23-12-10-22(11-13-23)37-18-20-7-3-2-4-8-20)24(29(35)36)9-5-6-14-33-17-27(34)21-15-25(30)28(32)26(31)16-21/h2-4,7-8,10-13,15-16,19,24,27,33-34H,5-6,9,14,17-18,32H2,1H3,(H,35,36). The van der Waals surface area contributed by atoms with Gasteiger partial charge in [-0.15, -0.1) is 0 Å². The fourth-order valence-corrected chi connectivity index (χ4v) is 4.48. The summed E-state index contributed by atoms with van der Waals surface area (Å²) in [5.41, 5.74) is 7.68. The highest BCUT2D eigenvalue weighted by Crippen LogP contribution is 2.31. The van der Waals surface area contributed by atoms with Crippen LogP contribution < -0.4 is 20.5 Å². The number of nitrogens with one attached hydrogen (secondary N) is 1. The summed E-state index contributed by atoms with van der Waals surface area (Å²) in [6.07, 6.45) is 0.626. The number of carboxylic acids is 1. The molecular formula is C29H34Cl2N2O5. The Hall–Kier alpha value is -2.97. The first-order valence-electron chi connectivity index (χ1n) is 12.5. The van der Waals surface area contributed by atoms with Crippen LogP contribution in [0.1, 0.15) is 43.4 Å². The van der Waals surface area contributed by atoms with Crippen molar-refractivity contribution in [3.05, 3.63) is 87.9 Å². The van der Waals surface area contributed by atoms with Gasteiger partial charge in [-0.25, -0.2) is 0 Å². The molecule has 38 heavy (non-hydrogen) atoms. The van der Waals surface area contributed by atoms with Crippen LogP contribution in [0.2, 0.25) is 10.0 Å². The van der Waals surface area contributed by atoms with E-state index >= 15 is 0 Å². The summed E-state index contributed by atoms with van der Waals surface area (Å²) in [6, 6.07) is 20.3.